The van der Waals surface area contributed by atoms with Crippen molar-refractivity contribution in [3.8, 4) is 28.1 Å². The van der Waals surface area contributed by atoms with Crippen molar-refractivity contribution in [1.29, 1.82) is 0 Å². The first-order valence-electron chi connectivity index (χ1n) is 11.4. The number of carbonyl (C=O) groups excluding carboxylic acids is 1. The van der Waals surface area contributed by atoms with E-state index in [-0.39, 0.29) is 19.1 Å². The Bertz CT molecular complexity index is 1360. The van der Waals surface area contributed by atoms with Gasteiger partial charge < -0.3 is 15.2 Å². The van der Waals surface area contributed by atoms with Gasteiger partial charge in [-0.05, 0) is 60.5 Å². The summed E-state index contributed by atoms with van der Waals surface area (Å²) in [6.07, 6.45) is 4.97. The van der Waals surface area contributed by atoms with Crippen molar-refractivity contribution in [3.63, 3.8) is 0 Å². The average Bonchev–Trinajstić information content (AvgIpc) is 3.24. The maximum Gasteiger partial charge on any atom is 0.252 e. The zero-order chi connectivity index (χ0) is 24.2. The number of pyridine rings is 2. The van der Waals surface area contributed by atoms with Crippen LogP contribution in [0.4, 0.5) is 5.69 Å². The van der Waals surface area contributed by atoms with Gasteiger partial charge in [0, 0.05) is 30.0 Å². The maximum atomic E-state index is 12.5. The van der Waals surface area contributed by atoms with Crippen molar-refractivity contribution in [1.82, 2.24) is 15.3 Å². The highest BCUT2D eigenvalue weighted by Crippen LogP contribution is 2.33. The van der Waals surface area contributed by atoms with Crippen LogP contribution in [-0.4, -0.2) is 45.9 Å². The van der Waals surface area contributed by atoms with Gasteiger partial charge in [-0.1, -0.05) is 36.4 Å². The minimum absolute atomic E-state index is 0.103. The van der Waals surface area contributed by atoms with Crippen LogP contribution in [0.15, 0.2) is 73.1 Å². The van der Waals surface area contributed by atoms with Crippen LogP contribution in [0, 0.1) is 0 Å². The molecule has 1 aliphatic rings. The monoisotopic (exact) mass is 484 g/mol. The summed E-state index contributed by atoms with van der Waals surface area (Å²) in [4.78, 5) is 23.0. The first-order chi connectivity index (χ1) is 17.1. The highest BCUT2D eigenvalue weighted by Gasteiger charge is 2.29. The Balaban J connectivity index is 1.41. The largest absolute Gasteiger partial charge is 0.494 e. The predicted octanol–water partition coefficient (Wildman–Crippen LogP) is 4.34. The molecule has 1 saturated heterocycles. The first-order valence-corrected chi connectivity index (χ1v) is 11.8. The third-order valence-electron chi connectivity index (χ3n) is 5.86. The number of nitrogens with one attached hydrogen (secondary N) is 1. The average molecular weight is 485 g/mol. The molecule has 1 aliphatic heterocycles. The molecule has 0 atom stereocenters. The fourth-order valence-electron chi connectivity index (χ4n) is 4.03. The van der Waals surface area contributed by atoms with E-state index >= 15 is 0 Å². The number of carbonyl (C=O) groups is 1. The van der Waals surface area contributed by atoms with E-state index in [9.17, 15) is 4.79 Å². The Kier molecular flexibility index (Phi) is 6.65. The van der Waals surface area contributed by atoms with Gasteiger partial charge in [0.25, 0.3) is 5.91 Å². The van der Waals surface area contributed by atoms with Crippen LogP contribution >= 0.6 is 12.2 Å². The first kappa shape index (κ1) is 22.9. The van der Waals surface area contributed by atoms with E-state index in [1.807, 2.05) is 48.5 Å². The van der Waals surface area contributed by atoms with Gasteiger partial charge in [-0.15, -0.1) is 0 Å². The van der Waals surface area contributed by atoms with Crippen LogP contribution in [0.25, 0.3) is 33.3 Å². The van der Waals surface area contributed by atoms with Crippen LogP contribution in [0.3, 0.4) is 0 Å². The van der Waals surface area contributed by atoms with E-state index in [0.29, 0.717) is 17.4 Å². The van der Waals surface area contributed by atoms with E-state index in [4.69, 9.17) is 27.0 Å². The molecule has 176 valence electrons. The minimum atomic E-state index is -0.103. The molecule has 3 heterocycles. The number of unbranched alkanes of at least 4 members (excludes halogenated alkanes) is 1. The van der Waals surface area contributed by atoms with E-state index in [1.165, 1.54) is 4.90 Å². The second kappa shape index (κ2) is 10.2. The molecule has 0 spiro atoms. The van der Waals surface area contributed by atoms with Crippen molar-refractivity contribution in [2.24, 2.45) is 0 Å². The molecule has 1 fully saturated rings. The summed E-state index contributed by atoms with van der Waals surface area (Å²) < 4.78 is 5.71. The van der Waals surface area contributed by atoms with Gasteiger partial charge in [0.2, 0.25) is 0 Å². The number of fused-ring (bicyclic) bond motifs is 1. The van der Waals surface area contributed by atoms with Crippen molar-refractivity contribution in [2.45, 2.75) is 12.8 Å². The highest BCUT2D eigenvalue weighted by molar-refractivity contribution is 7.80. The number of hydrogen-bond donors (Lipinski definition) is 2. The Morgan fingerprint density at radius 3 is 2.40 bits per heavy atom. The summed E-state index contributed by atoms with van der Waals surface area (Å²) in [5.74, 6) is 0.711. The van der Waals surface area contributed by atoms with Gasteiger partial charge in [-0.3, -0.25) is 14.7 Å². The summed E-state index contributed by atoms with van der Waals surface area (Å²) >= 11 is 5.37. The lowest BCUT2D eigenvalue weighted by Gasteiger charge is -2.18. The number of aromatic nitrogens is 2. The number of aliphatic hydroxyl groups is 1. The van der Waals surface area contributed by atoms with Crippen molar-refractivity contribution >= 4 is 39.8 Å². The fourth-order valence-corrected chi connectivity index (χ4v) is 4.30. The molecular formula is C27H24N4O3S. The number of ether oxygens (including phenoxy) is 1. The normalized spacial score (nSPS) is 13.3. The quantitative estimate of drug-likeness (QED) is 0.284. The molecule has 8 heteroatoms. The number of anilines is 1. The molecule has 4 aromatic rings. The predicted molar refractivity (Wildman–Crippen MR) is 140 cm³/mol. The van der Waals surface area contributed by atoms with Crippen molar-refractivity contribution in [2.75, 3.05) is 24.7 Å². The lowest BCUT2D eigenvalue weighted by Crippen LogP contribution is -2.30. The number of hydrogen-bond acceptors (Lipinski definition) is 6. The van der Waals surface area contributed by atoms with E-state index in [0.717, 1.165) is 51.9 Å². The van der Waals surface area contributed by atoms with Crippen LogP contribution in [0.1, 0.15) is 12.8 Å². The second-order valence-corrected chi connectivity index (χ2v) is 8.57. The molecule has 2 aromatic carbocycles. The van der Waals surface area contributed by atoms with Gasteiger partial charge in [-0.25, -0.2) is 4.98 Å². The minimum Gasteiger partial charge on any atom is -0.494 e. The molecule has 0 aliphatic carbocycles. The number of aliphatic hydroxyl groups excluding tert-OH is 1. The molecule has 0 radical (unpaired) electrons. The molecule has 0 bridgehead atoms. The van der Waals surface area contributed by atoms with E-state index in [1.54, 1.807) is 12.4 Å². The maximum absolute atomic E-state index is 12.5. The Hall–Kier alpha value is -3.88. The molecule has 0 unspecified atom stereocenters. The number of thiocarbonyl (C=S) groups is 1. The molecule has 2 N–H and O–H groups in total. The molecule has 35 heavy (non-hydrogen) atoms. The van der Waals surface area contributed by atoms with E-state index in [2.05, 4.69) is 22.4 Å². The number of amides is 1. The van der Waals surface area contributed by atoms with Gasteiger partial charge in [0.15, 0.2) is 5.11 Å². The van der Waals surface area contributed by atoms with Crippen molar-refractivity contribution in [3.05, 3.63) is 73.1 Å². The lowest BCUT2D eigenvalue weighted by atomic mass is 10.0. The molecule has 5 rings (SSSR count). The molecule has 1 amide bonds. The van der Waals surface area contributed by atoms with Gasteiger partial charge in [0.05, 0.1) is 30.0 Å². The SMILES string of the molecule is O=C1CNC(=S)N1c1cc(-c2ccc(-c3ccc(OCCCCO)cc3)cc2)nc2ccncc12. The third-order valence-corrected chi connectivity index (χ3v) is 6.19. The van der Waals surface area contributed by atoms with Crippen LogP contribution in [0.5, 0.6) is 5.75 Å². The molecule has 7 nitrogen and oxygen atoms in total. The van der Waals surface area contributed by atoms with Gasteiger partial charge in [0.1, 0.15) is 5.75 Å². The van der Waals surface area contributed by atoms with Gasteiger partial charge >= 0.3 is 0 Å². The molecule has 2 aromatic heterocycles. The summed E-state index contributed by atoms with van der Waals surface area (Å²) in [5, 5.41) is 13.0. The van der Waals surface area contributed by atoms with Crippen LogP contribution < -0.4 is 15.0 Å². The van der Waals surface area contributed by atoms with Crippen LogP contribution in [-0.2, 0) is 4.79 Å². The Labute approximate surface area is 208 Å². The summed E-state index contributed by atoms with van der Waals surface area (Å²) in [6, 6.07) is 19.8. The fraction of sp³-hybridized carbons (Fsp3) is 0.185. The van der Waals surface area contributed by atoms with Crippen LogP contribution in [0.2, 0.25) is 0 Å². The van der Waals surface area contributed by atoms with Crippen molar-refractivity contribution < 1.29 is 14.6 Å². The number of benzene rings is 2. The highest BCUT2D eigenvalue weighted by atomic mass is 32.1. The lowest BCUT2D eigenvalue weighted by molar-refractivity contribution is -0.115. The smallest absolute Gasteiger partial charge is 0.252 e. The number of nitrogens with zero attached hydrogens (tertiary/aromatic N) is 3. The Morgan fingerprint density at radius 1 is 1.00 bits per heavy atom. The summed E-state index contributed by atoms with van der Waals surface area (Å²) in [5.41, 5.74) is 5.26. The molecular weight excluding hydrogens is 460 g/mol. The number of rotatable bonds is 8. The standard InChI is InChI=1S/C27H24N4O3S/c32-13-1-2-14-34-21-9-7-19(8-10-21)18-3-5-20(6-4-18)24-15-25(31-26(33)17-29-27(31)35)22-16-28-12-11-23(22)30-24/h3-12,15-16,32H,1-2,13-14,17H2,(H,29,35). The summed E-state index contributed by atoms with van der Waals surface area (Å²) in [6.45, 7) is 0.960. The summed E-state index contributed by atoms with van der Waals surface area (Å²) in [7, 11) is 0. The second-order valence-electron chi connectivity index (χ2n) is 8.19. The third kappa shape index (κ3) is 4.84. The Morgan fingerprint density at radius 2 is 1.71 bits per heavy atom. The molecule has 0 saturated carbocycles. The van der Waals surface area contributed by atoms with Gasteiger partial charge in [-0.2, -0.15) is 0 Å². The zero-order valence-corrected chi connectivity index (χ0v) is 19.8. The van der Waals surface area contributed by atoms with E-state index < -0.39 is 0 Å². The topological polar surface area (TPSA) is 87.6 Å². The zero-order valence-electron chi connectivity index (χ0n) is 19.0.